The summed E-state index contributed by atoms with van der Waals surface area (Å²) in [4.78, 5) is 0. The highest BCUT2D eigenvalue weighted by Crippen LogP contribution is 2.31. The molecule has 3 nitrogen and oxygen atoms in total. The molecule has 5 heteroatoms. The molecule has 14 heavy (non-hydrogen) atoms. The van der Waals surface area contributed by atoms with Crippen LogP contribution in [0.1, 0.15) is 25.1 Å². The van der Waals surface area contributed by atoms with Crippen LogP contribution in [-0.4, -0.2) is 22.2 Å². The highest BCUT2D eigenvalue weighted by Gasteiger charge is 2.31. The van der Waals surface area contributed by atoms with Crippen LogP contribution in [0.3, 0.4) is 0 Å². The predicted octanol–water partition coefficient (Wildman–Crippen LogP) is 2.20. The largest absolute Gasteiger partial charge is 0.368 e. The van der Waals surface area contributed by atoms with Gasteiger partial charge in [-0.3, -0.25) is 0 Å². The number of alkyl halides is 2. The predicted molar refractivity (Wildman–Crippen MR) is 49.7 cm³/mol. The number of nitrogens with one attached hydrogen (secondary N) is 1. The molecule has 1 N–H and O–H groups in total. The second-order valence-corrected chi connectivity index (χ2v) is 3.80. The van der Waals surface area contributed by atoms with Gasteiger partial charge in [-0.05, 0) is 20.3 Å². The Balaban J connectivity index is 2.37. The monoisotopic (exact) mass is 201 g/mol. The number of hydrogen-bond donors (Lipinski definition) is 1. The van der Waals surface area contributed by atoms with Crippen molar-refractivity contribution in [2.24, 2.45) is 0 Å². The number of nitrogens with zero attached hydrogens (tertiary/aromatic N) is 2. The van der Waals surface area contributed by atoms with E-state index in [-0.39, 0.29) is 6.04 Å². The molecule has 0 aromatic carbocycles. The van der Waals surface area contributed by atoms with E-state index < -0.39 is 12.5 Å². The third-order valence-electron chi connectivity index (χ3n) is 2.45. The topological polar surface area (TPSA) is 29.9 Å². The van der Waals surface area contributed by atoms with Crippen LogP contribution in [0, 0.1) is 6.92 Å². The van der Waals surface area contributed by atoms with E-state index in [1.165, 1.54) is 4.68 Å². The quantitative estimate of drug-likeness (QED) is 0.754. The van der Waals surface area contributed by atoms with Crippen molar-refractivity contribution >= 4 is 5.82 Å². The Morgan fingerprint density at radius 2 is 2.36 bits per heavy atom. The molecule has 2 atom stereocenters. The molecule has 2 unspecified atom stereocenters. The number of hydrogen-bond acceptors (Lipinski definition) is 2. The highest BCUT2D eigenvalue weighted by molar-refractivity contribution is 5.40. The van der Waals surface area contributed by atoms with E-state index in [1.807, 2.05) is 6.92 Å². The number of anilines is 1. The van der Waals surface area contributed by atoms with Crippen LogP contribution in [0.15, 0.2) is 6.07 Å². The van der Waals surface area contributed by atoms with Gasteiger partial charge in [0, 0.05) is 12.1 Å². The van der Waals surface area contributed by atoms with Gasteiger partial charge in [0.2, 0.25) is 0 Å². The van der Waals surface area contributed by atoms with Crippen LogP contribution in [-0.2, 0) is 0 Å². The van der Waals surface area contributed by atoms with Crippen molar-refractivity contribution in [2.45, 2.75) is 38.8 Å². The van der Waals surface area contributed by atoms with E-state index in [0.29, 0.717) is 12.2 Å². The number of fused-ring (bicyclic) bond motifs is 1. The summed E-state index contributed by atoms with van der Waals surface area (Å²) in [6.07, 6.45) is -1.93. The summed E-state index contributed by atoms with van der Waals surface area (Å²) in [6.45, 7) is 3.71. The maximum atomic E-state index is 12.7. The van der Waals surface area contributed by atoms with Crippen LogP contribution in [0.5, 0.6) is 0 Å². The molecule has 0 amide bonds. The molecule has 1 aliphatic heterocycles. The first-order chi connectivity index (χ1) is 6.58. The second kappa shape index (κ2) is 3.22. The van der Waals surface area contributed by atoms with Crippen LogP contribution in [0.2, 0.25) is 0 Å². The van der Waals surface area contributed by atoms with Crippen molar-refractivity contribution in [3.63, 3.8) is 0 Å². The standard InChI is InChI=1S/C9H13F2N3/c1-5-3-7(9(10)11)14-8(12-5)4-6(2)13-14/h4-5,7,9,12H,3H2,1-2H3. The SMILES string of the molecule is Cc1cc2n(n1)C(C(F)F)CC(C)N2. The minimum Gasteiger partial charge on any atom is -0.368 e. The zero-order chi connectivity index (χ0) is 10.3. The van der Waals surface area contributed by atoms with Crippen molar-refractivity contribution < 1.29 is 8.78 Å². The van der Waals surface area contributed by atoms with Crippen molar-refractivity contribution in [3.05, 3.63) is 11.8 Å². The lowest BCUT2D eigenvalue weighted by molar-refractivity contribution is 0.0667. The van der Waals surface area contributed by atoms with Gasteiger partial charge in [0.25, 0.3) is 6.43 Å². The summed E-state index contributed by atoms with van der Waals surface area (Å²) in [5.74, 6) is 0.701. The molecule has 1 aromatic rings. The van der Waals surface area contributed by atoms with Crippen molar-refractivity contribution in [3.8, 4) is 0 Å². The second-order valence-electron chi connectivity index (χ2n) is 3.80. The van der Waals surface area contributed by atoms with Crippen molar-refractivity contribution in [1.82, 2.24) is 9.78 Å². The van der Waals surface area contributed by atoms with E-state index in [0.717, 1.165) is 5.69 Å². The molecule has 0 saturated heterocycles. The maximum absolute atomic E-state index is 12.7. The van der Waals surface area contributed by atoms with Gasteiger partial charge in [0.05, 0.1) is 5.69 Å². The summed E-state index contributed by atoms with van der Waals surface area (Å²) in [6, 6.07) is 1.10. The van der Waals surface area contributed by atoms with Gasteiger partial charge in [0.15, 0.2) is 0 Å². The summed E-state index contributed by atoms with van der Waals surface area (Å²) in [5, 5.41) is 7.20. The van der Waals surface area contributed by atoms with Crippen molar-refractivity contribution in [2.75, 3.05) is 5.32 Å². The van der Waals surface area contributed by atoms with E-state index in [9.17, 15) is 8.78 Å². The minimum absolute atomic E-state index is 0.0811. The zero-order valence-electron chi connectivity index (χ0n) is 8.17. The maximum Gasteiger partial charge on any atom is 0.260 e. The van der Waals surface area contributed by atoms with E-state index >= 15 is 0 Å². The van der Waals surface area contributed by atoms with Gasteiger partial charge in [-0.2, -0.15) is 5.10 Å². The molecule has 0 saturated carbocycles. The van der Waals surface area contributed by atoms with Gasteiger partial charge in [0.1, 0.15) is 11.9 Å². The third-order valence-corrected chi connectivity index (χ3v) is 2.45. The normalized spacial score (nSPS) is 26.1. The first-order valence-corrected chi connectivity index (χ1v) is 4.69. The molecular weight excluding hydrogens is 188 g/mol. The fraction of sp³-hybridized carbons (Fsp3) is 0.667. The Kier molecular flexibility index (Phi) is 2.17. The van der Waals surface area contributed by atoms with E-state index in [4.69, 9.17) is 0 Å². The Bertz CT molecular complexity index is 335. The molecular formula is C9H13F2N3. The molecule has 0 aliphatic carbocycles. The number of aromatic nitrogens is 2. The lowest BCUT2D eigenvalue weighted by Gasteiger charge is -2.29. The fourth-order valence-electron chi connectivity index (χ4n) is 1.86. The van der Waals surface area contributed by atoms with Crippen LogP contribution < -0.4 is 5.32 Å². The van der Waals surface area contributed by atoms with Gasteiger partial charge in [-0.25, -0.2) is 13.5 Å². The molecule has 0 bridgehead atoms. The molecule has 0 fully saturated rings. The van der Waals surface area contributed by atoms with Gasteiger partial charge in [-0.15, -0.1) is 0 Å². The Hall–Kier alpha value is -1.13. The molecule has 2 rings (SSSR count). The van der Waals surface area contributed by atoms with Crippen LogP contribution >= 0.6 is 0 Å². The first kappa shape index (κ1) is 9.43. The Morgan fingerprint density at radius 3 is 3.00 bits per heavy atom. The minimum atomic E-state index is -2.35. The summed E-state index contributed by atoms with van der Waals surface area (Å²) in [5.41, 5.74) is 0.771. The number of halogens is 2. The first-order valence-electron chi connectivity index (χ1n) is 4.69. The molecule has 1 aromatic heterocycles. The molecule has 0 radical (unpaired) electrons. The highest BCUT2D eigenvalue weighted by atomic mass is 19.3. The van der Waals surface area contributed by atoms with Gasteiger partial charge >= 0.3 is 0 Å². The lowest BCUT2D eigenvalue weighted by Crippen LogP contribution is -2.33. The van der Waals surface area contributed by atoms with Crippen LogP contribution in [0.25, 0.3) is 0 Å². The molecule has 1 aliphatic rings. The number of rotatable bonds is 1. The summed E-state index contributed by atoms with van der Waals surface area (Å²) < 4.78 is 26.8. The average Bonchev–Trinajstić information content (AvgIpc) is 2.42. The Labute approximate surface area is 81.1 Å². The fourth-order valence-corrected chi connectivity index (χ4v) is 1.86. The summed E-state index contributed by atoms with van der Waals surface area (Å²) >= 11 is 0. The third kappa shape index (κ3) is 1.47. The molecule has 78 valence electrons. The van der Waals surface area contributed by atoms with E-state index in [1.54, 1.807) is 13.0 Å². The average molecular weight is 201 g/mol. The van der Waals surface area contributed by atoms with Gasteiger partial charge in [-0.1, -0.05) is 0 Å². The van der Waals surface area contributed by atoms with Gasteiger partial charge < -0.3 is 5.32 Å². The molecule has 0 spiro atoms. The lowest BCUT2D eigenvalue weighted by atomic mass is 10.1. The zero-order valence-corrected chi connectivity index (χ0v) is 8.17. The summed E-state index contributed by atoms with van der Waals surface area (Å²) in [7, 11) is 0. The Morgan fingerprint density at radius 1 is 1.64 bits per heavy atom. The smallest absolute Gasteiger partial charge is 0.260 e. The van der Waals surface area contributed by atoms with E-state index in [2.05, 4.69) is 10.4 Å². The number of aryl methyl sites for hydroxylation is 1. The van der Waals surface area contributed by atoms with Crippen LogP contribution in [0.4, 0.5) is 14.6 Å². The van der Waals surface area contributed by atoms with Crippen molar-refractivity contribution in [1.29, 1.82) is 0 Å². The molecule has 2 heterocycles.